The third-order valence-electron chi connectivity index (χ3n) is 5.60. The van der Waals surface area contributed by atoms with Crippen LogP contribution in [0.1, 0.15) is 15.2 Å². The third kappa shape index (κ3) is 8.33. The Morgan fingerprint density at radius 1 is 1.15 bits per heavy atom. The van der Waals surface area contributed by atoms with Crippen LogP contribution in [-0.2, 0) is 28.0 Å². The molecule has 0 fully saturated rings. The molecule has 0 atom stereocenters. The highest BCUT2D eigenvalue weighted by Gasteiger charge is 2.22. The van der Waals surface area contributed by atoms with Crippen LogP contribution in [0.25, 0.3) is 0 Å². The molecular weight excluding hydrogens is 615 g/mol. The van der Waals surface area contributed by atoms with Crippen LogP contribution in [0.2, 0.25) is 5.02 Å². The van der Waals surface area contributed by atoms with Crippen LogP contribution in [-0.4, -0.2) is 57.2 Å². The number of likely N-dealkylation sites (N-methyl/N-ethyl adjacent to an activating group) is 1. The zero-order chi connectivity index (χ0) is 29.5. The van der Waals surface area contributed by atoms with Crippen LogP contribution in [0, 0.1) is 0 Å². The average molecular weight is 646 g/mol. The van der Waals surface area contributed by atoms with Crippen LogP contribution in [0.4, 0.5) is 27.0 Å². The number of aromatic nitrogens is 2. The van der Waals surface area contributed by atoms with Crippen molar-refractivity contribution in [1.29, 1.82) is 0 Å². The molecular formula is C23H28Cl3FN5O5PS. The number of ether oxygens (including phenoxy) is 1. The number of hydrogen-bond donors (Lipinski definition) is 2. The molecule has 0 unspecified atom stereocenters. The van der Waals surface area contributed by atoms with E-state index in [-0.39, 0.29) is 64.1 Å². The van der Waals surface area contributed by atoms with Crippen LogP contribution in [0.3, 0.4) is 0 Å². The summed E-state index contributed by atoms with van der Waals surface area (Å²) < 4.78 is 80.1. The molecule has 16 heteroatoms. The Morgan fingerprint density at radius 2 is 1.90 bits per heavy atom. The molecule has 2 heterocycles. The summed E-state index contributed by atoms with van der Waals surface area (Å²) >= 11 is 6.32. The molecule has 214 valence electrons. The molecule has 1 aliphatic heterocycles. The van der Waals surface area contributed by atoms with Gasteiger partial charge in [-0.2, -0.15) is 13.4 Å². The van der Waals surface area contributed by atoms with Crippen molar-refractivity contribution in [2.24, 2.45) is 0 Å². The van der Waals surface area contributed by atoms with E-state index in [0.717, 1.165) is 30.2 Å². The maximum atomic E-state index is 13.0. The minimum Gasteiger partial charge on any atom is -0.495 e. The zero-order valence-electron chi connectivity index (χ0n) is 23.9. The van der Waals surface area contributed by atoms with Crippen molar-refractivity contribution in [3.63, 3.8) is 0 Å². The van der Waals surface area contributed by atoms with E-state index in [1.165, 1.54) is 31.7 Å². The van der Waals surface area contributed by atoms with Crippen LogP contribution in [0.15, 0.2) is 36.5 Å². The number of nitrogens with zero attached hydrogens (tertiary/aromatic N) is 3. The maximum absolute atomic E-state index is 13.0. The zero-order valence-corrected chi connectivity index (χ0v) is 25.0. The second-order valence-electron chi connectivity index (χ2n) is 8.85. The number of fused-ring (bicyclic) bond motifs is 1. The van der Waals surface area contributed by atoms with E-state index in [0.29, 0.717) is 12.2 Å². The number of nitrogens with one attached hydrogen (secondary N) is 2. The molecule has 0 radical (unpaired) electrons. The molecule has 1 aromatic heterocycles. The van der Waals surface area contributed by atoms with Gasteiger partial charge in [0.15, 0.2) is 5.82 Å². The first-order valence-corrected chi connectivity index (χ1v) is 15.2. The van der Waals surface area contributed by atoms with E-state index >= 15 is 0 Å². The Kier molecular flexibility index (Phi) is 9.32. The summed E-state index contributed by atoms with van der Waals surface area (Å²) in [5.41, 5.74) is 2.56. The molecule has 1 aliphatic rings. The first-order valence-electron chi connectivity index (χ1n) is 12.4. The van der Waals surface area contributed by atoms with E-state index in [9.17, 15) is 16.9 Å². The highest BCUT2D eigenvalue weighted by Crippen LogP contribution is 2.40. The molecule has 0 saturated heterocycles. The fraction of sp³-hybridized carbons (Fsp3) is 0.304. The highest BCUT2D eigenvalue weighted by atomic mass is 35.5. The summed E-state index contributed by atoms with van der Waals surface area (Å²) in [5.74, 6) is -0.109. The largest absolute Gasteiger partial charge is 0.495 e. The topological polar surface area (TPSA) is 123 Å². The van der Waals surface area contributed by atoms with Crippen LogP contribution >= 0.6 is 43.6 Å². The lowest BCUT2D eigenvalue weighted by molar-refractivity contribution is 0.312. The van der Waals surface area contributed by atoms with Gasteiger partial charge in [-0.15, -0.1) is 24.8 Å². The fourth-order valence-electron chi connectivity index (χ4n) is 3.90. The van der Waals surface area contributed by atoms with Gasteiger partial charge in [0.05, 0.1) is 28.7 Å². The minimum atomic E-state index is -5.29. The van der Waals surface area contributed by atoms with Crippen molar-refractivity contribution in [3.05, 3.63) is 52.7 Å². The standard InChI is InChI=1S/C23H26ClFN5O5PS.2ClH/c1-30-8-7-14-10-20(34-2)19(9-15(14)13-30)28-23-26-12-17(24)22(29-23)27-18-6-5-16(35-37(25,32)33)11-21(18)36(3,4)31;;/h5-6,9-12H,7-8,13H2,1-4H3,(H2,26,27,28,29);2*1H/i2D3;;. The second-order valence-corrected chi connectivity index (χ2v) is 13.4. The first-order chi connectivity index (χ1) is 18.5. The number of hydrogen-bond acceptors (Lipinski definition) is 10. The van der Waals surface area contributed by atoms with E-state index in [1.807, 2.05) is 7.05 Å². The lowest BCUT2D eigenvalue weighted by Gasteiger charge is -2.26. The molecule has 39 heavy (non-hydrogen) atoms. The Hall–Kier alpha value is -2.34. The van der Waals surface area contributed by atoms with Gasteiger partial charge >= 0.3 is 10.5 Å². The van der Waals surface area contributed by atoms with Gasteiger partial charge in [-0.3, -0.25) is 0 Å². The van der Waals surface area contributed by atoms with Crippen LogP contribution < -0.4 is 24.9 Å². The van der Waals surface area contributed by atoms with Crippen LogP contribution in [0.5, 0.6) is 11.5 Å². The van der Waals surface area contributed by atoms with Crippen molar-refractivity contribution in [2.45, 2.75) is 13.0 Å². The molecule has 0 aliphatic carbocycles. The summed E-state index contributed by atoms with van der Waals surface area (Å²) in [7, 11) is -9.04. The Labute approximate surface area is 248 Å². The van der Waals surface area contributed by atoms with Gasteiger partial charge in [-0.25, -0.2) is 4.98 Å². The molecule has 10 nitrogen and oxygen atoms in total. The lowest BCUT2D eigenvalue weighted by Crippen LogP contribution is -2.26. The van der Waals surface area contributed by atoms with Gasteiger partial charge in [0.2, 0.25) is 5.95 Å². The van der Waals surface area contributed by atoms with Gasteiger partial charge in [-0.1, -0.05) is 15.5 Å². The van der Waals surface area contributed by atoms with E-state index in [1.54, 1.807) is 12.1 Å². The molecule has 4 rings (SSSR count). The SMILES string of the molecule is Cl.Cl.[2H]C([2H])([2H])Oc1cc2c(cc1Nc1ncc(Cl)c(Nc3ccc(OS(=O)(=O)F)cc3P(C)(C)=O)n1)CN(C)CC2. The summed E-state index contributed by atoms with van der Waals surface area (Å²) in [6.07, 6.45) is 2.04. The predicted molar refractivity (Wildman–Crippen MR) is 157 cm³/mol. The highest BCUT2D eigenvalue weighted by molar-refractivity contribution is 7.81. The Balaban J connectivity index is 0.00000308. The Morgan fingerprint density at radius 3 is 2.56 bits per heavy atom. The number of halogens is 4. The number of benzene rings is 2. The molecule has 0 spiro atoms. The first kappa shape index (κ1) is 28.2. The molecule has 3 aromatic rings. The van der Waals surface area contributed by atoms with Gasteiger partial charge in [0.1, 0.15) is 23.7 Å². The monoisotopic (exact) mass is 644 g/mol. The molecule has 0 amide bonds. The maximum Gasteiger partial charge on any atom is 0.488 e. The van der Waals surface area contributed by atoms with E-state index < -0.39 is 24.7 Å². The van der Waals surface area contributed by atoms with Gasteiger partial charge in [0, 0.05) is 18.4 Å². The van der Waals surface area contributed by atoms with Gasteiger partial charge in [0.25, 0.3) is 0 Å². The summed E-state index contributed by atoms with van der Waals surface area (Å²) in [5, 5.41) is 6.20. The predicted octanol–water partition coefficient (Wildman–Crippen LogP) is 5.30. The minimum absolute atomic E-state index is 0. The number of anilines is 4. The van der Waals surface area contributed by atoms with Crippen molar-refractivity contribution < 1.29 is 29.9 Å². The molecule has 2 N–H and O–H groups in total. The van der Waals surface area contributed by atoms with Crippen molar-refractivity contribution >= 4 is 82.5 Å². The number of methoxy groups -OCH3 is 1. The van der Waals surface area contributed by atoms with Crippen molar-refractivity contribution in [1.82, 2.24) is 14.9 Å². The normalized spacial score (nSPS) is 14.8. The quantitative estimate of drug-likeness (QED) is 0.247. The Bertz CT molecular complexity index is 1620. The molecule has 0 bridgehead atoms. The van der Waals surface area contributed by atoms with Crippen molar-refractivity contribution in [2.75, 3.05) is 44.6 Å². The average Bonchev–Trinajstić information content (AvgIpc) is 2.80. The molecule has 2 aromatic carbocycles. The second kappa shape index (κ2) is 12.9. The third-order valence-corrected chi connectivity index (χ3v) is 7.80. The number of rotatable bonds is 8. The summed E-state index contributed by atoms with van der Waals surface area (Å²) in [6.45, 7) is 4.36. The van der Waals surface area contributed by atoms with Gasteiger partial charge in [-0.05, 0) is 68.3 Å². The van der Waals surface area contributed by atoms with Gasteiger partial charge < -0.3 is 29.0 Å². The van der Waals surface area contributed by atoms with Crippen molar-refractivity contribution in [3.8, 4) is 11.5 Å². The summed E-state index contributed by atoms with van der Waals surface area (Å²) in [4.78, 5) is 10.7. The van der Waals surface area contributed by atoms with E-state index in [4.69, 9.17) is 20.5 Å². The smallest absolute Gasteiger partial charge is 0.488 e. The van der Waals surface area contributed by atoms with E-state index in [2.05, 4.69) is 29.7 Å². The fourth-order valence-corrected chi connectivity index (χ4v) is 5.52. The lowest BCUT2D eigenvalue weighted by atomic mass is 9.99. The molecule has 0 saturated carbocycles. The summed E-state index contributed by atoms with van der Waals surface area (Å²) in [6, 6.07) is 7.16.